The number of hydrogen-bond acceptors (Lipinski definition) is 2. The van der Waals surface area contributed by atoms with Gasteiger partial charge in [0.1, 0.15) is 0 Å². The van der Waals surface area contributed by atoms with Gasteiger partial charge in [-0.3, -0.25) is 4.79 Å². The van der Waals surface area contributed by atoms with Crippen LogP contribution >= 0.6 is 0 Å². The zero-order chi connectivity index (χ0) is 14.7. The van der Waals surface area contributed by atoms with Crippen molar-refractivity contribution >= 4 is 16.6 Å². The van der Waals surface area contributed by atoms with Crippen LogP contribution in [-0.2, 0) is 6.42 Å². The van der Waals surface area contributed by atoms with E-state index in [0.29, 0.717) is 17.5 Å². The number of fused-ring (bicyclic) bond motifs is 1. The van der Waals surface area contributed by atoms with Crippen molar-refractivity contribution in [2.24, 2.45) is 0 Å². The van der Waals surface area contributed by atoms with Crippen LogP contribution in [0.3, 0.4) is 0 Å². The van der Waals surface area contributed by atoms with Gasteiger partial charge in [0, 0.05) is 12.0 Å². The Bertz CT molecular complexity index is 841. The molecule has 2 nitrogen and oxygen atoms in total. The fourth-order valence-electron chi connectivity index (χ4n) is 2.37. The summed E-state index contributed by atoms with van der Waals surface area (Å²) in [6.07, 6.45) is 0.372. The minimum absolute atomic E-state index is 0.0646. The number of hydrogen-bond donors (Lipinski definition) is 0. The van der Waals surface area contributed by atoms with Crippen LogP contribution in [0.25, 0.3) is 10.8 Å². The van der Waals surface area contributed by atoms with E-state index in [2.05, 4.69) is 18.2 Å². The van der Waals surface area contributed by atoms with Gasteiger partial charge < -0.3 is 0 Å². The Hall–Kier alpha value is -2.92. The van der Waals surface area contributed by atoms with Crippen molar-refractivity contribution in [1.82, 2.24) is 0 Å². The Labute approximate surface area is 123 Å². The second-order valence-corrected chi connectivity index (χ2v) is 4.97. The summed E-state index contributed by atoms with van der Waals surface area (Å²) in [7, 11) is 0. The van der Waals surface area contributed by atoms with Gasteiger partial charge >= 0.3 is 0 Å². The topological polar surface area (TPSA) is 40.9 Å². The average molecular weight is 271 g/mol. The lowest BCUT2D eigenvalue weighted by molar-refractivity contribution is 0.0993. The van der Waals surface area contributed by atoms with Gasteiger partial charge in [-0.1, -0.05) is 54.6 Å². The number of nitriles is 1. The van der Waals surface area contributed by atoms with Crippen molar-refractivity contribution in [3.63, 3.8) is 0 Å². The van der Waals surface area contributed by atoms with Gasteiger partial charge in [0.05, 0.1) is 11.6 Å². The lowest BCUT2D eigenvalue weighted by atomic mass is 9.99. The normalized spacial score (nSPS) is 10.2. The lowest BCUT2D eigenvalue weighted by Gasteiger charge is -2.04. The van der Waals surface area contributed by atoms with Crippen molar-refractivity contribution in [1.29, 1.82) is 5.26 Å². The fraction of sp³-hybridized carbons (Fsp3) is 0.0526. The van der Waals surface area contributed by atoms with Gasteiger partial charge in [0.25, 0.3) is 0 Å². The Balaban J connectivity index is 1.83. The summed E-state index contributed by atoms with van der Waals surface area (Å²) >= 11 is 0. The molecule has 0 heterocycles. The number of carbonyl (C=O) groups excluding carboxylic acids is 1. The SMILES string of the molecule is N#Cc1ccc(C(=O)Cc2ccc3ccccc3c2)cc1. The molecule has 0 spiro atoms. The number of nitrogens with zero attached hydrogens (tertiary/aromatic N) is 1. The third-order valence-corrected chi connectivity index (χ3v) is 3.51. The summed E-state index contributed by atoms with van der Waals surface area (Å²) in [5.74, 6) is 0.0646. The van der Waals surface area contributed by atoms with Crippen LogP contribution in [0.2, 0.25) is 0 Å². The predicted molar refractivity (Wildman–Crippen MR) is 83.1 cm³/mol. The number of rotatable bonds is 3. The molecule has 3 rings (SSSR count). The molecule has 3 aromatic carbocycles. The number of benzene rings is 3. The third kappa shape index (κ3) is 2.82. The monoisotopic (exact) mass is 271 g/mol. The summed E-state index contributed by atoms with van der Waals surface area (Å²) < 4.78 is 0. The van der Waals surface area contributed by atoms with E-state index >= 15 is 0 Å². The van der Waals surface area contributed by atoms with Crippen molar-refractivity contribution < 1.29 is 4.79 Å². The molecule has 0 aromatic heterocycles. The van der Waals surface area contributed by atoms with Crippen molar-refractivity contribution in [3.8, 4) is 6.07 Å². The highest BCUT2D eigenvalue weighted by Gasteiger charge is 2.07. The molecule has 0 fully saturated rings. The van der Waals surface area contributed by atoms with Crippen molar-refractivity contribution in [3.05, 3.63) is 83.4 Å². The van der Waals surface area contributed by atoms with E-state index in [1.54, 1.807) is 24.3 Å². The maximum Gasteiger partial charge on any atom is 0.167 e. The third-order valence-electron chi connectivity index (χ3n) is 3.51. The molecule has 0 radical (unpaired) electrons. The van der Waals surface area contributed by atoms with E-state index in [4.69, 9.17) is 5.26 Å². The van der Waals surface area contributed by atoms with E-state index in [9.17, 15) is 4.79 Å². The Kier molecular flexibility index (Phi) is 3.49. The molecule has 0 unspecified atom stereocenters. The largest absolute Gasteiger partial charge is 0.294 e. The molecule has 0 N–H and O–H groups in total. The van der Waals surface area contributed by atoms with Crippen LogP contribution in [0.5, 0.6) is 0 Å². The van der Waals surface area contributed by atoms with Gasteiger partial charge in [-0.15, -0.1) is 0 Å². The van der Waals surface area contributed by atoms with E-state index in [1.165, 1.54) is 5.39 Å². The first-order chi connectivity index (χ1) is 10.3. The maximum atomic E-state index is 12.3. The molecule has 0 aliphatic carbocycles. The first-order valence-electron chi connectivity index (χ1n) is 6.77. The molecule has 0 bridgehead atoms. The maximum absolute atomic E-state index is 12.3. The predicted octanol–water partition coefficient (Wildman–Crippen LogP) is 4.14. The van der Waals surface area contributed by atoms with E-state index in [1.807, 2.05) is 30.3 Å². The molecular formula is C19H13NO. The molecule has 0 saturated carbocycles. The zero-order valence-corrected chi connectivity index (χ0v) is 11.4. The molecule has 0 aliphatic rings. The van der Waals surface area contributed by atoms with Gasteiger partial charge in [-0.2, -0.15) is 5.26 Å². The fourth-order valence-corrected chi connectivity index (χ4v) is 2.37. The summed E-state index contributed by atoms with van der Waals surface area (Å²) in [5.41, 5.74) is 2.21. The van der Waals surface area contributed by atoms with Gasteiger partial charge in [0.15, 0.2) is 5.78 Å². The minimum Gasteiger partial charge on any atom is -0.294 e. The molecule has 2 heteroatoms. The first kappa shape index (κ1) is 13.1. The molecule has 0 aliphatic heterocycles. The van der Waals surface area contributed by atoms with Crippen LogP contribution in [0.4, 0.5) is 0 Å². The molecule has 0 atom stereocenters. The lowest BCUT2D eigenvalue weighted by Crippen LogP contribution is -2.03. The van der Waals surface area contributed by atoms with E-state index in [0.717, 1.165) is 10.9 Å². The molecule has 0 saturated heterocycles. The zero-order valence-electron chi connectivity index (χ0n) is 11.4. The molecule has 3 aromatic rings. The quantitative estimate of drug-likeness (QED) is 0.672. The highest BCUT2D eigenvalue weighted by Crippen LogP contribution is 2.17. The second kappa shape index (κ2) is 5.60. The first-order valence-corrected chi connectivity index (χ1v) is 6.77. The number of carbonyl (C=O) groups is 1. The van der Waals surface area contributed by atoms with Crippen LogP contribution in [0.15, 0.2) is 66.7 Å². The van der Waals surface area contributed by atoms with Crippen molar-refractivity contribution in [2.45, 2.75) is 6.42 Å². The Morgan fingerprint density at radius 3 is 2.33 bits per heavy atom. The highest BCUT2D eigenvalue weighted by molar-refractivity contribution is 5.98. The molecule has 100 valence electrons. The summed E-state index contributed by atoms with van der Waals surface area (Å²) in [6, 6.07) is 23.0. The number of Topliss-reactive ketones (excluding diaryl/α,β-unsaturated/α-hetero) is 1. The smallest absolute Gasteiger partial charge is 0.167 e. The van der Waals surface area contributed by atoms with Gasteiger partial charge in [0.2, 0.25) is 0 Å². The number of ketones is 1. The van der Waals surface area contributed by atoms with Crippen LogP contribution in [0, 0.1) is 11.3 Å². The second-order valence-electron chi connectivity index (χ2n) is 4.97. The minimum atomic E-state index is 0.0646. The standard InChI is InChI=1S/C19H13NO/c20-13-14-5-9-17(10-6-14)19(21)12-15-7-8-16-3-1-2-4-18(16)11-15/h1-11H,12H2. The van der Waals surface area contributed by atoms with E-state index in [-0.39, 0.29) is 5.78 Å². The Morgan fingerprint density at radius 1 is 0.905 bits per heavy atom. The Morgan fingerprint density at radius 2 is 1.62 bits per heavy atom. The van der Waals surface area contributed by atoms with Gasteiger partial charge in [-0.05, 0) is 28.5 Å². The van der Waals surface area contributed by atoms with Crippen LogP contribution < -0.4 is 0 Å². The highest BCUT2D eigenvalue weighted by atomic mass is 16.1. The van der Waals surface area contributed by atoms with Crippen LogP contribution in [-0.4, -0.2) is 5.78 Å². The van der Waals surface area contributed by atoms with Crippen molar-refractivity contribution in [2.75, 3.05) is 0 Å². The summed E-state index contributed by atoms with van der Waals surface area (Å²) in [4.78, 5) is 12.3. The van der Waals surface area contributed by atoms with Gasteiger partial charge in [-0.25, -0.2) is 0 Å². The average Bonchev–Trinajstić information content (AvgIpc) is 2.55. The van der Waals surface area contributed by atoms with E-state index < -0.39 is 0 Å². The summed E-state index contributed by atoms with van der Waals surface area (Å²) in [6.45, 7) is 0. The molecular weight excluding hydrogens is 258 g/mol. The molecule has 21 heavy (non-hydrogen) atoms. The van der Waals surface area contributed by atoms with Crippen LogP contribution in [0.1, 0.15) is 21.5 Å². The summed E-state index contributed by atoms with van der Waals surface area (Å²) in [5, 5.41) is 11.1. The molecule has 0 amide bonds.